The molecule has 0 aromatic carbocycles. The fraction of sp³-hybridized carbons (Fsp3) is 1.00. The fourth-order valence-corrected chi connectivity index (χ4v) is 1.48. The van der Waals surface area contributed by atoms with Gasteiger partial charge in [0.15, 0.2) is 0 Å². The molecule has 1 unspecified atom stereocenters. The summed E-state index contributed by atoms with van der Waals surface area (Å²) in [5, 5.41) is 12.0. The highest BCUT2D eigenvalue weighted by Gasteiger charge is 2.19. The predicted octanol–water partition coefficient (Wildman–Crippen LogP) is 1.55. The maximum Gasteiger partial charge on any atom is 0.0637 e. The van der Waals surface area contributed by atoms with E-state index in [-0.39, 0.29) is 5.60 Å². The first-order valence-electron chi connectivity index (χ1n) is 5.41. The van der Waals surface area contributed by atoms with Crippen molar-refractivity contribution in [3.05, 3.63) is 0 Å². The van der Waals surface area contributed by atoms with Gasteiger partial charge in [-0.15, -0.1) is 0 Å². The third kappa shape index (κ3) is 7.30. The van der Waals surface area contributed by atoms with Crippen LogP contribution in [0.4, 0.5) is 0 Å². The first-order valence-corrected chi connectivity index (χ1v) is 5.41. The van der Waals surface area contributed by atoms with E-state index < -0.39 is 0 Å². The number of rotatable bonds is 8. The molecule has 0 fully saturated rings. The average molecular weight is 203 g/mol. The number of ether oxygens (including phenoxy) is 1. The van der Waals surface area contributed by atoms with E-state index in [2.05, 4.69) is 26.1 Å². The van der Waals surface area contributed by atoms with Crippen molar-refractivity contribution in [1.29, 1.82) is 0 Å². The highest BCUT2D eigenvalue weighted by molar-refractivity contribution is 4.75. The smallest absolute Gasteiger partial charge is 0.0637 e. The molecule has 0 heterocycles. The third-order valence-corrected chi connectivity index (χ3v) is 2.43. The van der Waals surface area contributed by atoms with Crippen LogP contribution in [0.1, 0.15) is 40.0 Å². The molecule has 0 radical (unpaired) electrons. The molecular formula is C11H25NO2. The number of aliphatic hydroxyl groups is 1. The van der Waals surface area contributed by atoms with Crippen LogP contribution in [0.15, 0.2) is 0 Å². The quantitative estimate of drug-likeness (QED) is 0.588. The van der Waals surface area contributed by atoms with E-state index in [1.165, 1.54) is 0 Å². The van der Waals surface area contributed by atoms with Crippen molar-refractivity contribution >= 4 is 0 Å². The fourth-order valence-electron chi connectivity index (χ4n) is 1.48. The first kappa shape index (κ1) is 13.9. The largest absolute Gasteiger partial charge is 0.396 e. The molecule has 0 rings (SSSR count). The van der Waals surface area contributed by atoms with Crippen molar-refractivity contribution in [2.24, 2.45) is 0 Å². The van der Waals surface area contributed by atoms with Gasteiger partial charge in [-0.05, 0) is 46.6 Å². The molecule has 0 aliphatic carbocycles. The van der Waals surface area contributed by atoms with Crippen molar-refractivity contribution in [2.45, 2.75) is 51.7 Å². The Bertz CT molecular complexity index is 137. The van der Waals surface area contributed by atoms with Crippen LogP contribution in [0, 0.1) is 0 Å². The van der Waals surface area contributed by atoms with Gasteiger partial charge in [0.25, 0.3) is 0 Å². The van der Waals surface area contributed by atoms with Gasteiger partial charge < -0.3 is 15.2 Å². The molecule has 1 atom stereocenters. The molecule has 2 N–H and O–H groups in total. The van der Waals surface area contributed by atoms with Gasteiger partial charge in [0.1, 0.15) is 0 Å². The Hall–Kier alpha value is -0.120. The number of hydrogen-bond acceptors (Lipinski definition) is 3. The van der Waals surface area contributed by atoms with Gasteiger partial charge in [0.05, 0.1) is 5.60 Å². The van der Waals surface area contributed by atoms with E-state index in [4.69, 9.17) is 9.84 Å². The number of methoxy groups -OCH3 is 1. The van der Waals surface area contributed by atoms with Crippen LogP contribution in [-0.2, 0) is 4.74 Å². The summed E-state index contributed by atoms with van der Waals surface area (Å²) in [6.45, 7) is 7.62. The molecule has 0 aromatic heterocycles. The number of hydrogen-bond donors (Lipinski definition) is 2. The standard InChI is InChI=1S/C11H25NO2/c1-10(9-11(2,3)14-4)12-7-5-6-8-13/h10,12-13H,5-9H2,1-4H3. The molecule has 86 valence electrons. The molecular weight excluding hydrogens is 178 g/mol. The van der Waals surface area contributed by atoms with Crippen molar-refractivity contribution in [3.63, 3.8) is 0 Å². The summed E-state index contributed by atoms with van der Waals surface area (Å²) in [5.74, 6) is 0. The number of nitrogens with one attached hydrogen (secondary N) is 1. The summed E-state index contributed by atoms with van der Waals surface area (Å²) in [4.78, 5) is 0. The van der Waals surface area contributed by atoms with Crippen LogP contribution >= 0.6 is 0 Å². The molecule has 0 spiro atoms. The molecule has 3 nitrogen and oxygen atoms in total. The van der Waals surface area contributed by atoms with Crippen LogP contribution in [-0.4, -0.2) is 37.0 Å². The van der Waals surface area contributed by atoms with Gasteiger partial charge >= 0.3 is 0 Å². The Kier molecular flexibility index (Phi) is 7.15. The van der Waals surface area contributed by atoms with E-state index in [0.717, 1.165) is 25.8 Å². The normalized spacial score (nSPS) is 14.4. The molecule has 0 amide bonds. The maximum absolute atomic E-state index is 8.61. The van der Waals surface area contributed by atoms with Crippen molar-refractivity contribution in [2.75, 3.05) is 20.3 Å². The van der Waals surface area contributed by atoms with Crippen LogP contribution in [0.3, 0.4) is 0 Å². The molecule has 0 aromatic rings. The number of aliphatic hydroxyl groups excluding tert-OH is 1. The summed E-state index contributed by atoms with van der Waals surface area (Å²) in [6, 6.07) is 0.462. The zero-order valence-electron chi connectivity index (χ0n) is 9.97. The number of unbranched alkanes of at least 4 members (excludes halogenated alkanes) is 1. The Morgan fingerprint density at radius 2 is 2.00 bits per heavy atom. The lowest BCUT2D eigenvalue weighted by atomic mass is 10.00. The Balaban J connectivity index is 3.49. The van der Waals surface area contributed by atoms with Gasteiger partial charge in [0.2, 0.25) is 0 Å². The molecule has 3 heteroatoms. The van der Waals surface area contributed by atoms with Crippen LogP contribution in [0.5, 0.6) is 0 Å². The molecule has 0 aliphatic rings. The summed E-state index contributed by atoms with van der Waals surface area (Å²) in [6.07, 6.45) is 2.92. The second-order valence-corrected chi connectivity index (χ2v) is 4.45. The van der Waals surface area contributed by atoms with E-state index >= 15 is 0 Å². The second-order valence-electron chi connectivity index (χ2n) is 4.45. The van der Waals surface area contributed by atoms with Crippen molar-refractivity contribution in [1.82, 2.24) is 5.32 Å². The molecule has 0 saturated carbocycles. The minimum Gasteiger partial charge on any atom is -0.396 e. The topological polar surface area (TPSA) is 41.5 Å². The van der Waals surface area contributed by atoms with Gasteiger partial charge in [-0.1, -0.05) is 0 Å². The van der Waals surface area contributed by atoms with E-state index in [1.54, 1.807) is 7.11 Å². The first-order chi connectivity index (χ1) is 6.52. The highest BCUT2D eigenvalue weighted by Crippen LogP contribution is 2.15. The Labute approximate surface area is 87.8 Å². The maximum atomic E-state index is 8.61. The van der Waals surface area contributed by atoms with Crippen LogP contribution in [0.25, 0.3) is 0 Å². The van der Waals surface area contributed by atoms with E-state index in [1.807, 2.05) is 0 Å². The minimum absolute atomic E-state index is 0.0522. The van der Waals surface area contributed by atoms with Crippen LogP contribution < -0.4 is 5.32 Å². The molecule has 0 saturated heterocycles. The summed E-state index contributed by atoms with van der Waals surface area (Å²) in [7, 11) is 1.75. The average Bonchev–Trinajstić information content (AvgIpc) is 2.12. The zero-order chi connectivity index (χ0) is 11.0. The predicted molar refractivity (Wildman–Crippen MR) is 59.5 cm³/mol. The second kappa shape index (κ2) is 7.21. The monoisotopic (exact) mass is 203 g/mol. The summed E-state index contributed by atoms with van der Waals surface area (Å²) >= 11 is 0. The Morgan fingerprint density at radius 1 is 1.36 bits per heavy atom. The lowest BCUT2D eigenvalue weighted by Gasteiger charge is -2.27. The molecule has 14 heavy (non-hydrogen) atoms. The van der Waals surface area contributed by atoms with E-state index in [9.17, 15) is 0 Å². The third-order valence-electron chi connectivity index (χ3n) is 2.43. The summed E-state index contributed by atoms with van der Waals surface area (Å²) < 4.78 is 5.36. The van der Waals surface area contributed by atoms with Gasteiger partial charge in [-0.2, -0.15) is 0 Å². The van der Waals surface area contributed by atoms with Crippen molar-refractivity contribution in [3.8, 4) is 0 Å². The van der Waals surface area contributed by atoms with E-state index in [0.29, 0.717) is 12.6 Å². The SMILES string of the molecule is COC(C)(C)CC(C)NCCCCO. The van der Waals surface area contributed by atoms with Crippen molar-refractivity contribution < 1.29 is 9.84 Å². The van der Waals surface area contributed by atoms with Gasteiger partial charge in [-0.25, -0.2) is 0 Å². The highest BCUT2D eigenvalue weighted by atomic mass is 16.5. The lowest BCUT2D eigenvalue weighted by molar-refractivity contribution is 0.00857. The lowest BCUT2D eigenvalue weighted by Crippen LogP contribution is -2.36. The van der Waals surface area contributed by atoms with Crippen LogP contribution in [0.2, 0.25) is 0 Å². The Morgan fingerprint density at radius 3 is 2.50 bits per heavy atom. The minimum atomic E-state index is -0.0522. The van der Waals surface area contributed by atoms with Gasteiger partial charge in [0, 0.05) is 19.8 Å². The zero-order valence-corrected chi connectivity index (χ0v) is 9.97. The molecule has 0 bridgehead atoms. The molecule has 0 aliphatic heterocycles. The summed E-state index contributed by atoms with van der Waals surface area (Å²) in [5.41, 5.74) is -0.0522. The van der Waals surface area contributed by atoms with Gasteiger partial charge in [-0.3, -0.25) is 0 Å².